The maximum absolute atomic E-state index is 13.0. The highest BCUT2D eigenvalue weighted by atomic mass is 16.4. The van der Waals surface area contributed by atoms with Crippen molar-refractivity contribution in [3.63, 3.8) is 0 Å². The Morgan fingerprint density at radius 2 is 1.79 bits per heavy atom. The highest BCUT2D eigenvalue weighted by Gasteiger charge is 2.45. The standard InChI is InChI=1S/C18H27N5O5/c1-11(19)15(25)23-13(10-12-6-3-2-4-7-12)14(24)18(21,16(26)27)8-5-9-22-17(20)28/h2-4,6-7,11,13H,5,8-10,19,21H2,1H3,(H,23,25)(H,26,27)(H3,20,22,28). The van der Waals surface area contributed by atoms with Gasteiger partial charge in [0.05, 0.1) is 12.1 Å². The van der Waals surface area contributed by atoms with E-state index in [2.05, 4.69) is 10.6 Å². The molecule has 0 aliphatic carbocycles. The largest absolute Gasteiger partial charge is 0.480 e. The average molecular weight is 393 g/mol. The van der Waals surface area contributed by atoms with Crippen LogP contribution in [-0.2, 0) is 20.8 Å². The molecular weight excluding hydrogens is 366 g/mol. The fourth-order valence-corrected chi connectivity index (χ4v) is 2.59. The predicted molar refractivity (Wildman–Crippen MR) is 102 cm³/mol. The van der Waals surface area contributed by atoms with E-state index in [0.717, 1.165) is 0 Å². The van der Waals surface area contributed by atoms with Crippen LogP contribution in [0.3, 0.4) is 0 Å². The molecule has 0 saturated heterocycles. The molecule has 10 heteroatoms. The van der Waals surface area contributed by atoms with Crippen molar-refractivity contribution in [2.75, 3.05) is 6.54 Å². The second-order valence-corrected chi connectivity index (χ2v) is 6.57. The normalized spacial score (nSPS) is 15.0. The summed E-state index contributed by atoms with van der Waals surface area (Å²) in [5, 5.41) is 14.4. The van der Waals surface area contributed by atoms with E-state index in [-0.39, 0.29) is 25.8 Å². The number of hydrogen-bond acceptors (Lipinski definition) is 6. The number of amides is 3. The number of hydrogen-bond donors (Lipinski definition) is 6. The summed E-state index contributed by atoms with van der Waals surface area (Å²) in [5.41, 5.74) is 14.9. The summed E-state index contributed by atoms with van der Waals surface area (Å²) in [7, 11) is 0. The molecule has 0 bridgehead atoms. The minimum absolute atomic E-state index is 0.0594. The SMILES string of the molecule is CC(N)C(=O)NC(Cc1ccccc1)C(=O)C(N)(CCCNC(N)=O)C(=O)O. The number of nitrogens with one attached hydrogen (secondary N) is 2. The third-order valence-corrected chi connectivity index (χ3v) is 4.20. The zero-order chi connectivity index (χ0) is 21.3. The molecule has 0 aliphatic heterocycles. The van der Waals surface area contributed by atoms with Gasteiger partial charge in [-0.1, -0.05) is 30.3 Å². The van der Waals surface area contributed by atoms with E-state index >= 15 is 0 Å². The molecule has 0 spiro atoms. The van der Waals surface area contributed by atoms with Gasteiger partial charge in [0.1, 0.15) is 0 Å². The molecule has 3 amide bonds. The minimum Gasteiger partial charge on any atom is -0.480 e. The Morgan fingerprint density at radius 3 is 2.29 bits per heavy atom. The van der Waals surface area contributed by atoms with Gasteiger partial charge in [0.2, 0.25) is 5.91 Å². The number of benzene rings is 1. The third-order valence-electron chi connectivity index (χ3n) is 4.20. The number of ketones is 1. The number of nitrogens with two attached hydrogens (primary N) is 3. The molecule has 154 valence electrons. The summed E-state index contributed by atoms with van der Waals surface area (Å²) in [5.74, 6) is -2.97. The van der Waals surface area contributed by atoms with E-state index in [1.54, 1.807) is 30.3 Å². The average Bonchev–Trinajstić information content (AvgIpc) is 2.64. The lowest BCUT2D eigenvalue weighted by molar-refractivity contribution is -0.150. The highest BCUT2D eigenvalue weighted by molar-refractivity contribution is 6.10. The summed E-state index contributed by atoms with van der Waals surface area (Å²) in [4.78, 5) is 47.6. The van der Waals surface area contributed by atoms with E-state index in [4.69, 9.17) is 17.2 Å². The van der Waals surface area contributed by atoms with Gasteiger partial charge in [-0.3, -0.25) is 9.59 Å². The van der Waals surface area contributed by atoms with Crippen molar-refractivity contribution in [1.29, 1.82) is 0 Å². The molecule has 28 heavy (non-hydrogen) atoms. The van der Waals surface area contributed by atoms with Gasteiger partial charge in [-0.15, -0.1) is 0 Å². The number of rotatable bonds is 11. The van der Waals surface area contributed by atoms with Crippen LogP contribution in [0, 0.1) is 0 Å². The molecule has 0 radical (unpaired) electrons. The molecular formula is C18H27N5O5. The molecule has 1 aromatic carbocycles. The Bertz CT molecular complexity index is 710. The van der Waals surface area contributed by atoms with Crippen LogP contribution >= 0.6 is 0 Å². The molecule has 9 N–H and O–H groups in total. The second kappa shape index (κ2) is 10.4. The zero-order valence-corrected chi connectivity index (χ0v) is 15.7. The lowest BCUT2D eigenvalue weighted by atomic mass is 9.83. The van der Waals surface area contributed by atoms with Crippen LogP contribution in [-0.4, -0.2) is 53.0 Å². The number of carbonyl (C=O) groups excluding carboxylic acids is 3. The maximum atomic E-state index is 13.0. The first-order valence-corrected chi connectivity index (χ1v) is 8.77. The van der Waals surface area contributed by atoms with Crippen molar-refractivity contribution in [2.24, 2.45) is 17.2 Å². The van der Waals surface area contributed by atoms with Gasteiger partial charge < -0.3 is 32.9 Å². The number of Topliss-reactive ketones (excluding diaryl/α,β-unsaturated/α-hetero) is 1. The van der Waals surface area contributed by atoms with Gasteiger partial charge in [-0.05, 0) is 31.7 Å². The first-order chi connectivity index (χ1) is 13.1. The summed E-state index contributed by atoms with van der Waals surface area (Å²) in [6.07, 6.45) is -0.0819. The van der Waals surface area contributed by atoms with E-state index in [0.29, 0.717) is 5.56 Å². The third kappa shape index (κ3) is 6.63. The minimum atomic E-state index is -2.25. The topological polar surface area (TPSA) is 191 Å². The van der Waals surface area contributed by atoms with Crippen LogP contribution < -0.4 is 27.8 Å². The first-order valence-electron chi connectivity index (χ1n) is 8.77. The Balaban J connectivity index is 3.04. The molecule has 0 aliphatic rings. The number of primary amides is 1. The van der Waals surface area contributed by atoms with Crippen LogP contribution in [0.4, 0.5) is 4.79 Å². The van der Waals surface area contributed by atoms with Gasteiger partial charge in [-0.2, -0.15) is 0 Å². The number of urea groups is 1. The summed E-state index contributed by atoms with van der Waals surface area (Å²) >= 11 is 0. The summed E-state index contributed by atoms with van der Waals surface area (Å²) < 4.78 is 0. The Hall–Kier alpha value is -2.98. The maximum Gasteiger partial charge on any atom is 0.331 e. The molecule has 0 saturated carbocycles. The second-order valence-electron chi connectivity index (χ2n) is 6.57. The molecule has 0 fully saturated rings. The van der Waals surface area contributed by atoms with Gasteiger partial charge in [-0.25, -0.2) is 9.59 Å². The van der Waals surface area contributed by atoms with Crippen molar-refractivity contribution >= 4 is 23.7 Å². The van der Waals surface area contributed by atoms with E-state index in [9.17, 15) is 24.3 Å². The fraction of sp³-hybridized carbons (Fsp3) is 0.444. The van der Waals surface area contributed by atoms with Crippen LogP contribution in [0.1, 0.15) is 25.3 Å². The molecule has 3 atom stereocenters. The summed E-state index contributed by atoms with van der Waals surface area (Å²) in [6, 6.07) is 5.96. The smallest absolute Gasteiger partial charge is 0.331 e. The van der Waals surface area contributed by atoms with E-state index in [1.807, 2.05) is 0 Å². The Labute approximate surface area is 162 Å². The zero-order valence-electron chi connectivity index (χ0n) is 15.7. The highest BCUT2D eigenvalue weighted by Crippen LogP contribution is 2.17. The molecule has 1 aromatic rings. The van der Waals surface area contributed by atoms with Gasteiger partial charge >= 0.3 is 12.0 Å². The molecule has 3 unspecified atom stereocenters. The van der Waals surface area contributed by atoms with Crippen molar-refractivity contribution < 1.29 is 24.3 Å². The van der Waals surface area contributed by atoms with Crippen LogP contribution in [0.15, 0.2) is 30.3 Å². The monoisotopic (exact) mass is 393 g/mol. The van der Waals surface area contributed by atoms with Crippen molar-refractivity contribution in [3.05, 3.63) is 35.9 Å². The lowest BCUT2D eigenvalue weighted by Crippen LogP contribution is -2.63. The Morgan fingerprint density at radius 1 is 1.18 bits per heavy atom. The van der Waals surface area contributed by atoms with Crippen LogP contribution in [0.5, 0.6) is 0 Å². The van der Waals surface area contributed by atoms with Gasteiger partial charge in [0.15, 0.2) is 11.3 Å². The quantitative estimate of drug-likeness (QED) is 0.202. The number of carbonyl (C=O) groups is 4. The number of aliphatic carboxylic acids is 1. The van der Waals surface area contributed by atoms with E-state index in [1.165, 1.54) is 6.92 Å². The van der Waals surface area contributed by atoms with E-state index < -0.39 is 41.3 Å². The Kier molecular flexibility index (Phi) is 8.55. The van der Waals surface area contributed by atoms with Crippen molar-refractivity contribution in [1.82, 2.24) is 10.6 Å². The lowest BCUT2D eigenvalue weighted by Gasteiger charge is -2.29. The molecule has 0 aromatic heterocycles. The van der Waals surface area contributed by atoms with Crippen LogP contribution in [0.25, 0.3) is 0 Å². The van der Waals surface area contributed by atoms with Crippen molar-refractivity contribution in [3.8, 4) is 0 Å². The van der Waals surface area contributed by atoms with Crippen LogP contribution in [0.2, 0.25) is 0 Å². The summed E-state index contributed by atoms with van der Waals surface area (Å²) in [6.45, 7) is 1.51. The fourth-order valence-electron chi connectivity index (χ4n) is 2.59. The molecule has 10 nitrogen and oxygen atoms in total. The number of carboxylic acids is 1. The molecule has 0 heterocycles. The van der Waals surface area contributed by atoms with Gasteiger partial charge in [0.25, 0.3) is 0 Å². The first kappa shape index (κ1) is 23.1. The number of carboxylic acid groups (broad SMARTS) is 1. The van der Waals surface area contributed by atoms with Crippen molar-refractivity contribution in [2.45, 2.75) is 43.8 Å². The van der Waals surface area contributed by atoms with Gasteiger partial charge in [0, 0.05) is 6.54 Å². The predicted octanol–water partition coefficient (Wildman–Crippen LogP) is -1.14. The molecule has 1 rings (SSSR count).